The van der Waals surface area contributed by atoms with Crippen molar-refractivity contribution in [2.75, 3.05) is 26.2 Å². The Labute approximate surface area is 109 Å². The monoisotopic (exact) mass is 298 g/mol. The van der Waals surface area contributed by atoms with Gasteiger partial charge in [0.2, 0.25) is 0 Å². The van der Waals surface area contributed by atoms with Gasteiger partial charge in [-0.2, -0.15) is 0 Å². The quantitative estimate of drug-likeness (QED) is 0.797. The lowest BCUT2D eigenvalue weighted by Crippen LogP contribution is -2.33. The van der Waals surface area contributed by atoms with Crippen LogP contribution in [0.3, 0.4) is 0 Å². The number of aliphatic hydroxyl groups is 1. The molecule has 92 valence electrons. The fourth-order valence-corrected chi connectivity index (χ4v) is 2.29. The molecule has 1 aliphatic rings. The summed E-state index contributed by atoms with van der Waals surface area (Å²) in [5.74, 6) is 0.0899. The number of nitrogens with zero attached hydrogens (tertiary/aromatic N) is 1. The number of aliphatic hydroxyl groups excluding tert-OH is 1. The minimum atomic E-state index is 0.0899. The molecule has 2 rings (SSSR count). The fourth-order valence-electron chi connectivity index (χ4n) is 1.93. The van der Waals surface area contributed by atoms with E-state index < -0.39 is 0 Å². The number of halogens is 1. The van der Waals surface area contributed by atoms with Gasteiger partial charge in [-0.15, -0.1) is 0 Å². The van der Waals surface area contributed by atoms with Crippen molar-refractivity contribution in [2.24, 2.45) is 0 Å². The van der Waals surface area contributed by atoms with Gasteiger partial charge >= 0.3 is 0 Å². The number of fused-ring (bicyclic) bond motifs is 1. The Morgan fingerprint density at radius 1 is 1.41 bits per heavy atom. The smallest absolute Gasteiger partial charge is 0.254 e. The van der Waals surface area contributed by atoms with E-state index in [-0.39, 0.29) is 12.5 Å². The summed E-state index contributed by atoms with van der Waals surface area (Å²) >= 11 is 3.37. The second-order valence-electron chi connectivity index (χ2n) is 4.00. The van der Waals surface area contributed by atoms with Gasteiger partial charge in [0.05, 0.1) is 6.61 Å². The highest BCUT2D eigenvalue weighted by atomic mass is 79.9. The van der Waals surface area contributed by atoms with Crippen LogP contribution < -0.4 is 5.32 Å². The van der Waals surface area contributed by atoms with E-state index in [9.17, 15) is 4.79 Å². The van der Waals surface area contributed by atoms with Gasteiger partial charge in [-0.3, -0.25) is 4.79 Å². The second kappa shape index (κ2) is 5.62. The van der Waals surface area contributed by atoms with E-state index in [1.54, 1.807) is 0 Å². The highest BCUT2D eigenvalue weighted by molar-refractivity contribution is 9.10. The average molecular weight is 299 g/mol. The van der Waals surface area contributed by atoms with Crippen molar-refractivity contribution < 1.29 is 9.90 Å². The molecule has 2 N–H and O–H groups in total. The van der Waals surface area contributed by atoms with Crippen molar-refractivity contribution in [1.29, 1.82) is 0 Å². The standard InChI is InChI=1S/C12H15BrN2O2/c13-10-2-1-9-8-15(5-3-14-4-6-16)12(17)11(9)7-10/h1-2,7,14,16H,3-6,8H2. The van der Waals surface area contributed by atoms with Gasteiger partial charge in [0, 0.05) is 36.2 Å². The van der Waals surface area contributed by atoms with Gasteiger partial charge in [-0.25, -0.2) is 0 Å². The zero-order chi connectivity index (χ0) is 12.3. The van der Waals surface area contributed by atoms with Crippen LogP contribution in [-0.4, -0.2) is 42.2 Å². The van der Waals surface area contributed by atoms with Crippen molar-refractivity contribution in [3.63, 3.8) is 0 Å². The Bertz CT molecular complexity index is 423. The minimum Gasteiger partial charge on any atom is -0.395 e. The molecule has 0 unspecified atom stereocenters. The molecule has 0 saturated carbocycles. The second-order valence-corrected chi connectivity index (χ2v) is 4.92. The topological polar surface area (TPSA) is 52.6 Å². The zero-order valence-electron chi connectivity index (χ0n) is 9.45. The number of carbonyl (C=O) groups excluding carboxylic acids is 1. The number of amides is 1. The van der Waals surface area contributed by atoms with Gasteiger partial charge in [0.15, 0.2) is 0 Å². The first-order chi connectivity index (χ1) is 8.22. The third kappa shape index (κ3) is 2.86. The fraction of sp³-hybridized carbons (Fsp3) is 0.417. The lowest BCUT2D eigenvalue weighted by atomic mass is 10.1. The molecule has 1 amide bonds. The third-order valence-corrected chi connectivity index (χ3v) is 3.29. The van der Waals surface area contributed by atoms with E-state index in [0.717, 1.165) is 15.6 Å². The Kier molecular flexibility index (Phi) is 4.15. The maximum atomic E-state index is 12.0. The largest absolute Gasteiger partial charge is 0.395 e. The third-order valence-electron chi connectivity index (χ3n) is 2.80. The molecule has 0 atom stereocenters. The van der Waals surface area contributed by atoms with Crippen LogP contribution in [0, 0.1) is 0 Å². The zero-order valence-corrected chi connectivity index (χ0v) is 11.0. The van der Waals surface area contributed by atoms with Crippen molar-refractivity contribution >= 4 is 21.8 Å². The van der Waals surface area contributed by atoms with Gasteiger partial charge in [0.25, 0.3) is 5.91 Å². The summed E-state index contributed by atoms with van der Waals surface area (Å²) in [7, 11) is 0. The minimum absolute atomic E-state index is 0.0899. The number of carbonyl (C=O) groups is 1. The highest BCUT2D eigenvalue weighted by Crippen LogP contribution is 2.25. The molecule has 1 aromatic carbocycles. The number of nitrogens with one attached hydrogen (secondary N) is 1. The summed E-state index contributed by atoms with van der Waals surface area (Å²) in [5.41, 5.74) is 1.88. The van der Waals surface area contributed by atoms with Gasteiger partial charge in [-0.1, -0.05) is 22.0 Å². The molecular weight excluding hydrogens is 284 g/mol. The molecule has 1 aromatic rings. The molecule has 0 saturated heterocycles. The van der Waals surface area contributed by atoms with Crippen molar-refractivity contribution in [2.45, 2.75) is 6.54 Å². The van der Waals surface area contributed by atoms with Gasteiger partial charge in [-0.05, 0) is 17.7 Å². The van der Waals surface area contributed by atoms with Crippen molar-refractivity contribution in [3.8, 4) is 0 Å². The van der Waals surface area contributed by atoms with E-state index in [1.807, 2.05) is 23.1 Å². The van der Waals surface area contributed by atoms with Crippen LogP contribution in [0.5, 0.6) is 0 Å². The average Bonchev–Trinajstić information content (AvgIpc) is 2.62. The first-order valence-corrected chi connectivity index (χ1v) is 6.41. The summed E-state index contributed by atoms with van der Waals surface area (Å²) in [4.78, 5) is 13.9. The molecule has 0 aromatic heterocycles. The molecule has 1 heterocycles. The van der Waals surface area contributed by atoms with Gasteiger partial charge in [0.1, 0.15) is 0 Å². The van der Waals surface area contributed by atoms with Crippen molar-refractivity contribution in [1.82, 2.24) is 10.2 Å². The Morgan fingerprint density at radius 3 is 3.00 bits per heavy atom. The SMILES string of the molecule is O=C1c2cc(Br)ccc2CN1CCNCCO. The van der Waals surface area contributed by atoms with Crippen LogP contribution >= 0.6 is 15.9 Å². The molecule has 0 spiro atoms. The first kappa shape index (κ1) is 12.5. The van der Waals surface area contributed by atoms with Crippen LogP contribution in [0.4, 0.5) is 0 Å². The van der Waals surface area contributed by atoms with Crippen LogP contribution in [-0.2, 0) is 6.54 Å². The van der Waals surface area contributed by atoms with Crippen LogP contribution in [0.25, 0.3) is 0 Å². The molecule has 17 heavy (non-hydrogen) atoms. The lowest BCUT2D eigenvalue weighted by Gasteiger charge is -2.15. The van der Waals surface area contributed by atoms with E-state index in [4.69, 9.17) is 5.11 Å². The van der Waals surface area contributed by atoms with E-state index >= 15 is 0 Å². The molecule has 4 nitrogen and oxygen atoms in total. The molecule has 0 radical (unpaired) electrons. The van der Waals surface area contributed by atoms with Crippen molar-refractivity contribution in [3.05, 3.63) is 33.8 Å². The predicted octanol–water partition coefficient (Wildman–Crippen LogP) is 0.987. The van der Waals surface area contributed by atoms with Crippen LogP contribution in [0.1, 0.15) is 15.9 Å². The molecule has 0 fully saturated rings. The molecular formula is C12H15BrN2O2. The number of hydrogen-bond donors (Lipinski definition) is 2. The molecule has 0 aliphatic carbocycles. The molecule has 0 bridgehead atoms. The van der Waals surface area contributed by atoms with Crippen LogP contribution in [0.15, 0.2) is 22.7 Å². The summed E-state index contributed by atoms with van der Waals surface area (Å²) in [6.07, 6.45) is 0. The summed E-state index contributed by atoms with van der Waals surface area (Å²) in [6.45, 7) is 2.76. The Hall–Kier alpha value is -0.910. The van der Waals surface area contributed by atoms with E-state index in [1.165, 1.54) is 0 Å². The number of rotatable bonds is 5. The van der Waals surface area contributed by atoms with Gasteiger partial charge < -0.3 is 15.3 Å². The summed E-state index contributed by atoms with van der Waals surface area (Å²) in [6, 6.07) is 5.82. The lowest BCUT2D eigenvalue weighted by molar-refractivity contribution is 0.0779. The highest BCUT2D eigenvalue weighted by Gasteiger charge is 2.26. The summed E-state index contributed by atoms with van der Waals surface area (Å²) < 4.78 is 0.935. The normalized spacial score (nSPS) is 14.2. The first-order valence-electron chi connectivity index (χ1n) is 5.61. The number of benzene rings is 1. The van der Waals surface area contributed by atoms with Crippen LogP contribution in [0.2, 0.25) is 0 Å². The maximum absolute atomic E-state index is 12.0. The van der Waals surface area contributed by atoms with E-state index in [0.29, 0.717) is 26.2 Å². The molecule has 1 aliphatic heterocycles. The summed E-state index contributed by atoms with van der Waals surface area (Å²) in [5, 5.41) is 11.7. The Balaban J connectivity index is 1.95. The number of hydrogen-bond acceptors (Lipinski definition) is 3. The Morgan fingerprint density at radius 2 is 2.24 bits per heavy atom. The maximum Gasteiger partial charge on any atom is 0.254 e. The predicted molar refractivity (Wildman–Crippen MR) is 68.8 cm³/mol. The van der Waals surface area contributed by atoms with E-state index in [2.05, 4.69) is 21.2 Å². The molecule has 5 heteroatoms.